The lowest BCUT2D eigenvalue weighted by molar-refractivity contribution is -0.113. The minimum Gasteiger partial charge on any atom is -0.494 e. The molecule has 4 aromatic rings. The van der Waals surface area contributed by atoms with Gasteiger partial charge in [0.05, 0.1) is 29.1 Å². The van der Waals surface area contributed by atoms with Gasteiger partial charge in [-0.15, -0.1) is 0 Å². The fourth-order valence-electron chi connectivity index (χ4n) is 2.88. The Bertz CT molecular complexity index is 1140. The molecule has 7 heteroatoms. The number of hydrogen-bond acceptors (Lipinski definition) is 5. The number of ether oxygens (including phenoxy) is 2. The molecule has 4 rings (SSSR count). The molecule has 0 radical (unpaired) electrons. The van der Waals surface area contributed by atoms with Crippen molar-refractivity contribution in [3.63, 3.8) is 0 Å². The molecule has 0 saturated carbocycles. The van der Waals surface area contributed by atoms with Gasteiger partial charge in [0.15, 0.2) is 10.9 Å². The average molecular weight is 420 g/mol. The molecule has 0 aliphatic carbocycles. The SMILES string of the molecule is CCOc1ccc2nc(SCC(=O)Nc3ccccc3Oc3ccccc3)[nH]c2c1. The highest BCUT2D eigenvalue weighted by molar-refractivity contribution is 7.99. The predicted molar refractivity (Wildman–Crippen MR) is 120 cm³/mol. The molecule has 0 aliphatic heterocycles. The Morgan fingerprint density at radius 1 is 1.03 bits per heavy atom. The van der Waals surface area contributed by atoms with Gasteiger partial charge in [-0.05, 0) is 43.3 Å². The van der Waals surface area contributed by atoms with E-state index >= 15 is 0 Å². The van der Waals surface area contributed by atoms with Gasteiger partial charge in [-0.25, -0.2) is 4.98 Å². The van der Waals surface area contributed by atoms with Crippen molar-refractivity contribution in [3.05, 3.63) is 72.8 Å². The molecule has 1 amide bonds. The summed E-state index contributed by atoms with van der Waals surface area (Å²) in [7, 11) is 0. The number of thioether (sulfide) groups is 1. The van der Waals surface area contributed by atoms with Crippen molar-refractivity contribution in [2.75, 3.05) is 17.7 Å². The molecule has 152 valence electrons. The van der Waals surface area contributed by atoms with Crippen molar-refractivity contribution in [1.29, 1.82) is 0 Å². The van der Waals surface area contributed by atoms with E-state index < -0.39 is 0 Å². The largest absolute Gasteiger partial charge is 0.494 e. The smallest absolute Gasteiger partial charge is 0.234 e. The molecule has 30 heavy (non-hydrogen) atoms. The Balaban J connectivity index is 1.39. The standard InChI is InChI=1S/C23H21N3O3S/c1-2-28-17-12-13-18-20(14-17)26-23(25-18)30-15-22(27)24-19-10-6-7-11-21(19)29-16-8-4-3-5-9-16/h3-14H,2,15H2,1H3,(H,24,27)(H,25,26). The fourth-order valence-corrected chi connectivity index (χ4v) is 3.57. The van der Waals surface area contributed by atoms with Gasteiger partial charge in [0, 0.05) is 6.07 Å². The Kier molecular flexibility index (Phi) is 6.20. The predicted octanol–water partition coefficient (Wildman–Crippen LogP) is 5.48. The Labute approximate surface area is 178 Å². The monoisotopic (exact) mass is 419 g/mol. The normalized spacial score (nSPS) is 10.7. The number of benzene rings is 3. The lowest BCUT2D eigenvalue weighted by atomic mass is 10.3. The van der Waals surface area contributed by atoms with E-state index in [1.807, 2.05) is 79.7 Å². The van der Waals surface area contributed by atoms with Crippen molar-refractivity contribution in [3.8, 4) is 17.2 Å². The summed E-state index contributed by atoms with van der Waals surface area (Å²) in [6.45, 7) is 2.55. The van der Waals surface area contributed by atoms with E-state index in [9.17, 15) is 4.79 Å². The molecule has 1 aromatic heterocycles. The van der Waals surface area contributed by atoms with Crippen LogP contribution in [0.3, 0.4) is 0 Å². The van der Waals surface area contributed by atoms with Crippen LogP contribution in [-0.4, -0.2) is 28.2 Å². The number of imidazole rings is 1. The number of carbonyl (C=O) groups is 1. The van der Waals surface area contributed by atoms with Gasteiger partial charge in [0.2, 0.25) is 5.91 Å². The zero-order chi connectivity index (χ0) is 20.8. The van der Waals surface area contributed by atoms with E-state index in [2.05, 4.69) is 15.3 Å². The molecular formula is C23H21N3O3S. The maximum Gasteiger partial charge on any atom is 0.234 e. The maximum absolute atomic E-state index is 12.5. The van der Waals surface area contributed by atoms with E-state index in [0.717, 1.165) is 16.8 Å². The zero-order valence-corrected chi connectivity index (χ0v) is 17.2. The van der Waals surface area contributed by atoms with E-state index in [-0.39, 0.29) is 11.7 Å². The van der Waals surface area contributed by atoms with Crippen LogP contribution in [0.2, 0.25) is 0 Å². The summed E-state index contributed by atoms with van der Waals surface area (Å²) in [6, 6.07) is 22.5. The van der Waals surface area contributed by atoms with E-state index in [1.165, 1.54) is 11.8 Å². The van der Waals surface area contributed by atoms with Crippen LogP contribution in [0.25, 0.3) is 11.0 Å². The molecule has 0 atom stereocenters. The summed E-state index contributed by atoms with van der Waals surface area (Å²) in [5, 5.41) is 3.60. The van der Waals surface area contributed by atoms with Crippen LogP contribution in [-0.2, 0) is 4.79 Å². The molecule has 0 unspecified atom stereocenters. The molecule has 3 aromatic carbocycles. The lowest BCUT2D eigenvalue weighted by Gasteiger charge is -2.11. The number of para-hydroxylation sites is 3. The summed E-state index contributed by atoms with van der Waals surface area (Å²) in [6.07, 6.45) is 0. The van der Waals surface area contributed by atoms with Crippen LogP contribution in [0, 0.1) is 0 Å². The van der Waals surface area contributed by atoms with Gasteiger partial charge in [-0.2, -0.15) is 0 Å². The first kappa shape index (κ1) is 19.8. The Morgan fingerprint density at radius 2 is 1.83 bits per heavy atom. The summed E-state index contributed by atoms with van der Waals surface area (Å²) in [5.74, 6) is 2.17. The van der Waals surface area contributed by atoms with Crippen LogP contribution < -0.4 is 14.8 Å². The van der Waals surface area contributed by atoms with Gasteiger partial charge < -0.3 is 19.8 Å². The quantitative estimate of drug-likeness (QED) is 0.370. The molecule has 0 fully saturated rings. The van der Waals surface area contributed by atoms with Gasteiger partial charge in [0.25, 0.3) is 0 Å². The average Bonchev–Trinajstić information content (AvgIpc) is 3.17. The second-order valence-electron chi connectivity index (χ2n) is 6.40. The Hall–Kier alpha value is -3.45. The number of rotatable bonds is 8. The number of anilines is 1. The molecule has 0 aliphatic rings. The number of nitrogens with one attached hydrogen (secondary N) is 2. The first-order chi connectivity index (χ1) is 14.7. The second kappa shape index (κ2) is 9.37. The number of H-pyrrole nitrogens is 1. The molecule has 6 nitrogen and oxygen atoms in total. The van der Waals surface area contributed by atoms with E-state index in [4.69, 9.17) is 9.47 Å². The van der Waals surface area contributed by atoms with Crippen LogP contribution in [0.1, 0.15) is 6.92 Å². The molecule has 1 heterocycles. The van der Waals surface area contributed by atoms with Crippen molar-refractivity contribution in [2.45, 2.75) is 12.1 Å². The van der Waals surface area contributed by atoms with Crippen molar-refractivity contribution in [2.24, 2.45) is 0 Å². The van der Waals surface area contributed by atoms with Gasteiger partial charge in [-0.1, -0.05) is 42.1 Å². The van der Waals surface area contributed by atoms with Crippen LogP contribution >= 0.6 is 11.8 Å². The number of nitrogens with zero attached hydrogens (tertiary/aromatic N) is 1. The second-order valence-corrected chi connectivity index (χ2v) is 7.37. The number of aromatic nitrogens is 2. The highest BCUT2D eigenvalue weighted by atomic mass is 32.2. The number of aromatic amines is 1. The maximum atomic E-state index is 12.5. The van der Waals surface area contributed by atoms with Crippen molar-refractivity contribution < 1.29 is 14.3 Å². The van der Waals surface area contributed by atoms with E-state index in [1.54, 1.807) is 0 Å². The zero-order valence-electron chi connectivity index (χ0n) is 16.4. The topological polar surface area (TPSA) is 76.2 Å². The first-order valence-electron chi connectivity index (χ1n) is 9.58. The van der Waals surface area contributed by atoms with E-state index in [0.29, 0.717) is 28.9 Å². The minimum absolute atomic E-state index is 0.139. The molecule has 0 bridgehead atoms. The highest BCUT2D eigenvalue weighted by Crippen LogP contribution is 2.29. The van der Waals surface area contributed by atoms with Gasteiger partial charge in [0.1, 0.15) is 11.5 Å². The van der Waals surface area contributed by atoms with Crippen LogP contribution in [0.5, 0.6) is 17.2 Å². The Morgan fingerprint density at radius 3 is 2.67 bits per heavy atom. The third kappa shape index (κ3) is 4.93. The van der Waals surface area contributed by atoms with Gasteiger partial charge in [-0.3, -0.25) is 4.79 Å². The van der Waals surface area contributed by atoms with Crippen LogP contribution in [0.15, 0.2) is 78.0 Å². The summed E-state index contributed by atoms with van der Waals surface area (Å²) in [5.41, 5.74) is 2.34. The number of hydrogen-bond donors (Lipinski definition) is 2. The number of fused-ring (bicyclic) bond motifs is 1. The highest BCUT2D eigenvalue weighted by Gasteiger charge is 2.11. The fraction of sp³-hybridized carbons (Fsp3) is 0.130. The summed E-state index contributed by atoms with van der Waals surface area (Å²) >= 11 is 1.34. The van der Waals surface area contributed by atoms with Gasteiger partial charge >= 0.3 is 0 Å². The lowest BCUT2D eigenvalue weighted by Crippen LogP contribution is -2.14. The summed E-state index contributed by atoms with van der Waals surface area (Å²) in [4.78, 5) is 20.2. The van der Waals surface area contributed by atoms with Crippen molar-refractivity contribution in [1.82, 2.24) is 9.97 Å². The molecule has 2 N–H and O–H groups in total. The molecule has 0 saturated heterocycles. The first-order valence-corrected chi connectivity index (χ1v) is 10.6. The van der Waals surface area contributed by atoms with Crippen molar-refractivity contribution >= 4 is 34.4 Å². The van der Waals surface area contributed by atoms with Crippen LogP contribution in [0.4, 0.5) is 5.69 Å². The summed E-state index contributed by atoms with van der Waals surface area (Å²) < 4.78 is 11.4. The molecule has 0 spiro atoms. The molecular weight excluding hydrogens is 398 g/mol. The number of amides is 1. The number of carbonyl (C=O) groups excluding carboxylic acids is 1. The minimum atomic E-state index is -0.139. The third-order valence-corrected chi connectivity index (χ3v) is 5.09. The third-order valence-electron chi connectivity index (χ3n) is 4.21.